The Hall–Kier alpha value is -2.78. The van der Waals surface area contributed by atoms with Gasteiger partial charge in [-0.3, -0.25) is 0 Å². The largest absolute Gasteiger partial charge is 0.506 e. The summed E-state index contributed by atoms with van der Waals surface area (Å²) >= 11 is 0. The summed E-state index contributed by atoms with van der Waals surface area (Å²) in [6, 6.07) is 7.80. The van der Waals surface area contributed by atoms with E-state index in [1.165, 1.54) is 36.4 Å². The molecule has 34 heavy (non-hydrogen) atoms. The average molecular weight is 486 g/mol. The van der Waals surface area contributed by atoms with E-state index in [0.717, 1.165) is 0 Å². The van der Waals surface area contributed by atoms with Crippen molar-refractivity contribution in [2.45, 2.75) is 61.7 Å². The van der Waals surface area contributed by atoms with E-state index >= 15 is 0 Å². The molecule has 4 aliphatic carbocycles. The minimum absolute atomic E-state index is 0.0457. The molecule has 4 nitrogen and oxygen atoms in total. The molecular formula is C24H24F6N2O2. The number of alkyl halides is 6. The number of phenols is 2. The summed E-state index contributed by atoms with van der Waals surface area (Å²) in [5.41, 5.74) is 3.92. The second-order valence-electron chi connectivity index (χ2n) is 10.7. The molecule has 0 aromatic heterocycles. The highest BCUT2D eigenvalue weighted by molar-refractivity contribution is 5.58. The fraction of sp³-hybridized carbons (Fsp3) is 0.500. The molecule has 0 radical (unpaired) electrons. The van der Waals surface area contributed by atoms with Crippen LogP contribution < -0.4 is 11.5 Å². The first kappa shape index (κ1) is 23.0. The third kappa shape index (κ3) is 2.92. The Morgan fingerprint density at radius 3 is 1.24 bits per heavy atom. The lowest BCUT2D eigenvalue weighted by Crippen LogP contribution is -2.70. The fourth-order valence-electron chi connectivity index (χ4n) is 7.62. The summed E-state index contributed by atoms with van der Waals surface area (Å²) < 4.78 is 88.3. The van der Waals surface area contributed by atoms with Crippen molar-refractivity contribution in [3.63, 3.8) is 0 Å². The summed E-state index contributed by atoms with van der Waals surface area (Å²) in [6.45, 7) is 0. The average Bonchev–Trinajstić information content (AvgIpc) is 2.69. The summed E-state index contributed by atoms with van der Waals surface area (Å²) in [6.07, 6.45) is -12.6. The van der Waals surface area contributed by atoms with Crippen LogP contribution in [-0.4, -0.2) is 22.6 Å². The molecule has 4 fully saturated rings. The van der Waals surface area contributed by atoms with Gasteiger partial charge in [-0.25, -0.2) is 0 Å². The van der Waals surface area contributed by atoms with E-state index < -0.39 is 66.1 Å². The predicted octanol–water partition coefficient (Wildman–Crippen LogP) is 5.92. The van der Waals surface area contributed by atoms with Crippen molar-refractivity contribution in [1.82, 2.24) is 0 Å². The Morgan fingerprint density at radius 2 is 0.941 bits per heavy atom. The van der Waals surface area contributed by atoms with E-state index in [4.69, 9.17) is 11.5 Å². The molecule has 4 bridgehead atoms. The highest BCUT2D eigenvalue weighted by Crippen LogP contribution is 2.79. The van der Waals surface area contributed by atoms with Crippen molar-refractivity contribution in [2.24, 2.45) is 10.8 Å². The number of hydrogen-bond donors (Lipinski definition) is 4. The number of nitrogen functional groups attached to an aromatic ring is 2. The minimum atomic E-state index is -4.87. The van der Waals surface area contributed by atoms with Gasteiger partial charge in [-0.15, -0.1) is 0 Å². The lowest BCUT2D eigenvalue weighted by molar-refractivity contribution is -0.347. The molecule has 2 aromatic rings. The van der Waals surface area contributed by atoms with Crippen molar-refractivity contribution in [3.8, 4) is 11.5 Å². The number of benzene rings is 2. The fourth-order valence-corrected chi connectivity index (χ4v) is 7.62. The van der Waals surface area contributed by atoms with Gasteiger partial charge >= 0.3 is 12.4 Å². The standard InChI is InChI=1S/C24H24F6N2O2/c25-23(26,27)21-8-19(13-1-3-17(33)15(31)5-13)7-20(10-21,14-2-4-18(34)16(32)6-14)11-22(9-19,12-21)24(28,29)30/h1-6,33-34H,7-12,31-32H2. The molecule has 0 saturated heterocycles. The molecule has 184 valence electrons. The van der Waals surface area contributed by atoms with Crippen LogP contribution in [0.2, 0.25) is 0 Å². The van der Waals surface area contributed by atoms with Crippen LogP contribution in [0, 0.1) is 10.8 Å². The van der Waals surface area contributed by atoms with Gasteiger partial charge < -0.3 is 21.7 Å². The number of hydrogen-bond acceptors (Lipinski definition) is 4. The quantitative estimate of drug-likeness (QED) is 0.241. The van der Waals surface area contributed by atoms with E-state index in [1.807, 2.05) is 0 Å². The number of nitrogens with two attached hydrogens (primary N) is 2. The Balaban J connectivity index is 1.81. The van der Waals surface area contributed by atoms with Gasteiger partial charge in [0.2, 0.25) is 0 Å². The molecule has 4 aliphatic rings. The van der Waals surface area contributed by atoms with Gasteiger partial charge in [-0.1, -0.05) is 12.1 Å². The number of halogens is 6. The number of aromatic hydroxyl groups is 2. The van der Waals surface area contributed by atoms with Crippen LogP contribution in [0.5, 0.6) is 11.5 Å². The zero-order chi connectivity index (χ0) is 24.9. The first-order valence-electron chi connectivity index (χ1n) is 10.9. The maximum absolute atomic E-state index is 14.7. The molecule has 6 rings (SSSR count). The van der Waals surface area contributed by atoms with E-state index in [2.05, 4.69) is 0 Å². The number of phenolic OH excluding ortho intramolecular Hbond substituents is 2. The van der Waals surface area contributed by atoms with Crippen molar-refractivity contribution in [2.75, 3.05) is 11.5 Å². The lowest BCUT2D eigenvalue weighted by atomic mass is 9.33. The van der Waals surface area contributed by atoms with Crippen LogP contribution in [0.3, 0.4) is 0 Å². The summed E-state index contributed by atoms with van der Waals surface area (Å²) in [5, 5.41) is 19.7. The summed E-state index contributed by atoms with van der Waals surface area (Å²) in [7, 11) is 0. The number of rotatable bonds is 2. The topological polar surface area (TPSA) is 92.5 Å². The van der Waals surface area contributed by atoms with Crippen molar-refractivity contribution in [3.05, 3.63) is 47.5 Å². The second kappa shape index (κ2) is 6.46. The second-order valence-corrected chi connectivity index (χ2v) is 10.7. The van der Waals surface area contributed by atoms with Gasteiger partial charge in [-0.05, 0) is 84.7 Å². The maximum atomic E-state index is 14.7. The van der Waals surface area contributed by atoms with E-state index in [0.29, 0.717) is 0 Å². The monoisotopic (exact) mass is 486 g/mol. The highest BCUT2D eigenvalue weighted by atomic mass is 19.4. The number of anilines is 2. The summed E-state index contributed by atoms with van der Waals surface area (Å²) in [4.78, 5) is 0. The first-order valence-corrected chi connectivity index (χ1v) is 10.9. The van der Waals surface area contributed by atoms with Crippen molar-refractivity contribution >= 4 is 11.4 Å². The van der Waals surface area contributed by atoms with Crippen LogP contribution in [0.15, 0.2) is 36.4 Å². The van der Waals surface area contributed by atoms with E-state index in [1.54, 1.807) is 0 Å². The van der Waals surface area contributed by atoms with Gasteiger partial charge in [0.05, 0.1) is 22.2 Å². The zero-order valence-electron chi connectivity index (χ0n) is 18.0. The Labute approximate surface area is 191 Å². The van der Waals surface area contributed by atoms with Crippen molar-refractivity contribution in [1.29, 1.82) is 0 Å². The molecule has 0 spiro atoms. The molecule has 0 heterocycles. The molecule has 0 amide bonds. The Kier molecular flexibility index (Phi) is 4.36. The van der Waals surface area contributed by atoms with Gasteiger partial charge in [-0.2, -0.15) is 26.3 Å². The Morgan fingerprint density at radius 1 is 0.588 bits per heavy atom. The van der Waals surface area contributed by atoms with Crippen LogP contribution in [-0.2, 0) is 10.8 Å². The van der Waals surface area contributed by atoms with E-state index in [-0.39, 0.29) is 40.4 Å². The van der Waals surface area contributed by atoms with Crippen LogP contribution in [0.1, 0.15) is 49.7 Å². The third-order valence-electron chi connectivity index (χ3n) is 8.54. The van der Waals surface area contributed by atoms with Crippen LogP contribution in [0.4, 0.5) is 37.7 Å². The summed E-state index contributed by atoms with van der Waals surface area (Å²) in [5.74, 6) is -0.573. The maximum Gasteiger partial charge on any atom is 0.394 e. The Bertz CT molecular complexity index is 1070. The zero-order valence-corrected chi connectivity index (χ0v) is 18.0. The molecule has 10 heteroatoms. The van der Waals surface area contributed by atoms with Gasteiger partial charge in [0.15, 0.2) is 0 Å². The molecule has 0 aliphatic heterocycles. The predicted molar refractivity (Wildman–Crippen MR) is 113 cm³/mol. The SMILES string of the molecule is Nc1cc(C23CC4(c5ccc(O)c(N)c5)CC(C(F)(F)F)(C2)CC(C(F)(F)F)(C3)C4)ccc1O. The van der Waals surface area contributed by atoms with E-state index in [9.17, 15) is 36.6 Å². The molecule has 0 unspecified atom stereocenters. The third-order valence-corrected chi connectivity index (χ3v) is 8.54. The van der Waals surface area contributed by atoms with Crippen LogP contribution >= 0.6 is 0 Å². The molecular weight excluding hydrogens is 462 g/mol. The molecule has 6 N–H and O–H groups in total. The normalized spacial score (nSPS) is 35.0. The highest BCUT2D eigenvalue weighted by Gasteiger charge is 2.79. The first-order chi connectivity index (χ1) is 15.6. The van der Waals surface area contributed by atoms with Crippen LogP contribution in [0.25, 0.3) is 0 Å². The van der Waals surface area contributed by atoms with Gasteiger partial charge in [0, 0.05) is 0 Å². The smallest absolute Gasteiger partial charge is 0.394 e. The minimum Gasteiger partial charge on any atom is -0.506 e. The molecule has 4 saturated carbocycles. The molecule has 2 aromatic carbocycles. The van der Waals surface area contributed by atoms with Gasteiger partial charge in [0.25, 0.3) is 0 Å². The lowest BCUT2D eigenvalue weighted by Gasteiger charge is -2.71. The molecule has 0 atom stereocenters. The van der Waals surface area contributed by atoms with Gasteiger partial charge in [0.1, 0.15) is 11.5 Å². The van der Waals surface area contributed by atoms with Crippen molar-refractivity contribution < 1.29 is 36.6 Å².